The molecule has 0 amide bonds. The molecule has 4 nitrogen and oxygen atoms in total. The van der Waals surface area contributed by atoms with Gasteiger partial charge < -0.3 is 10.1 Å². The highest BCUT2D eigenvalue weighted by atomic mass is 19.2. The van der Waals surface area contributed by atoms with Crippen LogP contribution in [0.3, 0.4) is 0 Å². The summed E-state index contributed by atoms with van der Waals surface area (Å²) in [5, 5.41) is 2.85. The topological polar surface area (TPSA) is 47.0 Å². The lowest BCUT2D eigenvalue weighted by Crippen LogP contribution is -2.01. The van der Waals surface area contributed by atoms with Crippen LogP contribution in [0.5, 0.6) is 11.6 Å². The fourth-order valence-electron chi connectivity index (χ4n) is 1.49. The molecular weight excluding hydrogens is 252 g/mol. The molecule has 2 rings (SSSR count). The molecule has 0 atom stereocenters. The van der Waals surface area contributed by atoms with E-state index in [2.05, 4.69) is 15.3 Å². The normalized spacial score (nSPS) is 10.3. The number of aromatic nitrogens is 2. The fourth-order valence-corrected chi connectivity index (χ4v) is 1.49. The van der Waals surface area contributed by atoms with E-state index in [0.29, 0.717) is 18.1 Å². The molecule has 0 aliphatic carbocycles. The smallest absolute Gasteiger partial charge is 0.224 e. The fraction of sp³-hybridized carbons (Fsp3) is 0.231. The van der Waals surface area contributed by atoms with Crippen LogP contribution in [0, 0.1) is 11.6 Å². The van der Waals surface area contributed by atoms with Gasteiger partial charge in [0.15, 0.2) is 11.6 Å². The molecule has 0 saturated carbocycles. The molecule has 0 saturated heterocycles. The second kappa shape index (κ2) is 5.60. The second-order valence-corrected chi connectivity index (χ2v) is 3.77. The van der Waals surface area contributed by atoms with Gasteiger partial charge in [0.25, 0.3) is 0 Å². The quantitative estimate of drug-likeness (QED) is 0.922. The minimum Gasteiger partial charge on any atom is -0.436 e. The SMILES string of the molecule is CCc1nc(NC)cc(Oc2cccc(F)c2F)n1. The van der Waals surface area contributed by atoms with Gasteiger partial charge in [0.1, 0.15) is 11.6 Å². The Morgan fingerprint density at radius 2 is 2.05 bits per heavy atom. The molecule has 0 radical (unpaired) electrons. The second-order valence-electron chi connectivity index (χ2n) is 3.77. The van der Waals surface area contributed by atoms with Gasteiger partial charge in [-0.3, -0.25) is 0 Å². The number of nitrogens with one attached hydrogen (secondary N) is 1. The summed E-state index contributed by atoms with van der Waals surface area (Å²) in [6.45, 7) is 1.89. The van der Waals surface area contributed by atoms with Gasteiger partial charge in [-0.2, -0.15) is 9.37 Å². The predicted molar refractivity (Wildman–Crippen MR) is 67.4 cm³/mol. The Balaban J connectivity index is 2.34. The average Bonchev–Trinajstić information content (AvgIpc) is 2.43. The van der Waals surface area contributed by atoms with E-state index in [1.54, 1.807) is 7.05 Å². The number of hydrogen-bond donors (Lipinski definition) is 1. The van der Waals surface area contributed by atoms with E-state index in [9.17, 15) is 8.78 Å². The monoisotopic (exact) mass is 265 g/mol. The molecule has 100 valence electrons. The molecule has 0 bridgehead atoms. The number of ether oxygens (including phenoxy) is 1. The standard InChI is InChI=1S/C13H13F2N3O/c1-3-10-17-11(16-2)7-12(18-10)19-9-6-4-5-8(14)13(9)15/h4-7H,3H2,1-2H3,(H,16,17,18). The van der Waals surface area contributed by atoms with Crippen molar-refractivity contribution >= 4 is 5.82 Å². The summed E-state index contributed by atoms with van der Waals surface area (Å²) in [7, 11) is 1.70. The number of aryl methyl sites for hydroxylation is 1. The highest BCUT2D eigenvalue weighted by Crippen LogP contribution is 2.25. The number of nitrogens with zero attached hydrogens (tertiary/aromatic N) is 2. The van der Waals surface area contributed by atoms with Gasteiger partial charge in [-0.05, 0) is 12.1 Å². The van der Waals surface area contributed by atoms with E-state index < -0.39 is 11.6 Å². The molecule has 1 aromatic carbocycles. The molecule has 1 heterocycles. The van der Waals surface area contributed by atoms with Crippen molar-refractivity contribution in [1.29, 1.82) is 0 Å². The number of anilines is 1. The Hall–Kier alpha value is -2.24. The van der Waals surface area contributed by atoms with Crippen molar-refractivity contribution in [2.75, 3.05) is 12.4 Å². The highest BCUT2D eigenvalue weighted by Gasteiger charge is 2.11. The summed E-state index contributed by atoms with van der Waals surface area (Å²) in [6, 6.07) is 5.25. The average molecular weight is 265 g/mol. The number of rotatable bonds is 4. The van der Waals surface area contributed by atoms with Crippen LogP contribution in [0.15, 0.2) is 24.3 Å². The summed E-state index contributed by atoms with van der Waals surface area (Å²) in [5.74, 6) is -0.929. The maximum atomic E-state index is 13.5. The minimum atomic E-state index is -1.04. The third-order valence-corrected chi connectivity index (χ3v) is 2.45. The zero-order valence-electron chi connectivity index (χ0n) is 10.6. The van der Waals surface area contributed by atoms with E-state index in [1.165, 1.54) is 18.2 Å². The minimum absolute atomic E-state index is 0.167. The molecule has 0 fully saturated rings. The molecule has 0 unspecified atom stereocenters. The molecular formula is C13H13F2N3O. The van der Waals surface area contributed by atoms with Crippen molar-refractivity contribution in [1.82, 2.24) is 9.97 Å². The van der Waals surface area contributed by atoms with Gasteiger partial charge in [0.05, 0.1) is 0 Å². The third-order valence-electron chi connectivity index (χ3n) is 2.45. The molecule has 0 aliphatic heterocycles. The Bertz CT molecular complexity index is 568. The van der Waals surface area contributed by atoms with Gasteiger partial charge in [0, 0.05) is 19.5 Å². The number of hydrogen-bond acceptors (Lipinski definition) is 4. The van der Waals surface area contributed by atoms with Crippen LogP contribution >= 0.6 is 0 Å². The Kier molecular flexibility index (Phi) is 3.89. The van der Waals surface area contributed by atoms with Gasteiger partial charge >= 0.3 is 0 Å². The molecule has 0 spiro atoms. The van der Waals surface area contributed by atoms with Crippen molar-refractivity contribution in [3.63, 3.8) is 0 Å². The Labute approximate surface area is 109 Å². The first-order valence-corrected chi connectivity index (χ1v) is 5.81. The lowest BCUT2D eigenvalue weighted by atomic mass is 10.3. The van der Waals surface area contributed by atoms with Crippen molar-refractivity contribution in [3.8, 4) is 11.6 Å². The van der Waals surface area contributed by atoms with Crippen LogP contribution in [0.1, 0.15) is 12.7 Å². The summed E-state index contributed by atoms with van der Waals surface area (Å²) >= 11 is 0. The zero-order valence-corrected chi connectivity index (χ0v) is 10.6. The lowest BCUT2D eigenvalue weighted by Gasteiger charge is -2.09. The summed E-state index contributed by atoms with van der Waals surface area (Å²) in [5.41, 5.74) is 0. The van der Waals surface area contributed by atoms with Crippen LogP contribution in [0.4, 0.5) is 14.6 Å². The van der Waals surface area contributed by atoms with Gasteiger partial charge in [-0.1, -0.05) is 13.0 Å². The third kappa shape index (κ3) is 2.96. The molecule has 0 aliphatic rings. The van der Waals surface area contributed by atoms with Crippen molar-refractivity contribution in [2.45, 2.75) is 13.3 Å². The van der Waals surface area contributed by atoms with Crippen LogP contribution in [-0.4, -0.2) is 17.0 Å². The number of halogens is 2. The van der Waals surface area contributed by atoms with Crippen molar-refractivity contribution in [2.24, 2.45) is 0 Å². The first kappa shape index (κ1) is 13.2. The molecule has 19 heavy (non-hydrogen) atoms. The first-order chi connectivity index (χ1) is 9.13. The molecule has 1 aromatic heterocycles. The van der Waals surface area contributed by atoms with E-state index in [0.717, 1.165) is 6.07 Å². The van der Waals surface area contributed by atoms with E-state index >= 15 is 0 Å². The van der Waals surface area contributed by atoms with Gasteiger partial charge in [0.2, 0.25) is 11.7 Å². The summed E-state index contributed by atoms with van der Waals surface area (Å²) < 4.78 is 31.8. The Morgan fingerprint density at radius 3 is 2.74 bits per heavy atom. The molecule has 1 N–H and O–H groups in total. The van der Waals surface area contributed by atoms with Crippen LogP contribution in [0.2, 0.25) is 0 Å². The molecule has 6 heteroatoms. The van der Waals surface area contributed by atoms with E-state index in [-0.39, 0.29) is 11.6 Å². The largest absolute Gasteiger partial charge is 0.436 e. The van der Waals surface area contributed by atoms with Crippen LogP contribution < -0.4 is 10.1 Å². The number of benzene rings is 1. The van der Waals surface area contributed by atoms with Gasteiger partial charge in [-0.25, -0.2) is 9.37 Å². The maximum Gasteiger partial charge on any atom is 0.224 e. The Morgan fingerprint density at radius 1 is 1.26 bits per heavy atom. The van der Waals surface area contributed by atoms with Gasteiger partial charge in [-0.15, -0.1) is 0 Å². The van der Waals surface area contributed by atoms with Crippen LogP contribution in [0.25, 0.3) is 0 Å². The van der Waals surface area contributed by atoms with Crippen molar-refractivity contribution < 1.29 is 13.5 Å². The molecule has 2 aromatic rings. The maximum absolute atomic E-state index is 13.5. The van der Waals surface area contributed by atoms with E-state index in [1.807, 2.05) is 6.92 Å². The lowest BCUT2D eigenvalue weighted by molar-refractivity contribution is 0.404. The summed E-state index contributed by atoms with van der Waals surface area (Å²) in [6.07, 6.45) is 0.609. The van der Waals surface area contributed by atoms with Crippen LogP contribution in [-0.2, 0) is 6.42 Å². The van der Waals surface area contributed by atoms with Crippen molar-refractivity contribution in [3.05, 3.63) is 41.7 Å². The van der Waals surface area contributed by atoms with E-state index in [4.69, 9.17) is 4.74 Å². The summed E-state index contributed by atoms with van der Waals surface area (Å²) in [4.78, 5) is 8.29. The first-order valence-electron chi connectivity index (χ1n) is 5.81. The zero-order chi connectivity index (χ0) is 13.8. The highest BCUT2D eigenvalue weighted by molar-refractivity contribution is 5.39. The predicted octanol–water partition coefficient (Wildman–Crippen LogP) is 3.15.